The normalized spacial score (nSPS) is 12.4. The van der Waals surface area contributed by atoms with Crippen molar-refractivity contribution in [2.24, 2.45) is 0 Å². The molecular weight excluding hydrogens is 244 g/mol. The first-order chi connectivity index (χ1) is 8.08. The Kier molecular flexibility index (Phi) is 3.12. The molecule has 0 saturated carbocycles. The lowest BCUT2D eigenvalue weighted by Crippen LogP contribution is -2.10. The number of carboxylic acids is 1. The molecule has 1 aromatic carbocycles. The Bertz CT molecular complexity index is 536. The first-order valence-corrected chi connectivity index (χ1v) is 5.17. The predicted molar refractivity (Wildman–Crippen MR) is 61.2 cm³/mol. The monoisotopic (exact) mass is 252 g/mol. The Morgan fingerprint density at radius 1 is 1.35 bits per heavy atom. The van der Waals surface area contributed by atoms with Gasteiger partial charge < -0.3 is 10.2 Å². The van der Waals surface area contributed by atoms with Gasteiger partial charge in [-0.05, 0) is 17.7 Å². The van der Waals surface area contributed by atoms with Gasteiger partial charge in [-0.1, -0.05) is 23.7 Å². The molecule has 2 aromatic rings. The summed E-state index contributed by atoms with van der Waals surface area (Å²) in [5, 5.41) is 22.5. The van der Waals surface area contributed by atoms with Crippen molar-refractivity contribution in [3.63, 3.8) is 0 Å². The van der Waals surface area contributed by atoms with Crippen molar-refractivity contribution in [1.82, 2.24) is 9.78 Å². The molecule has 1 heterocycles. The molecule has 0 aliphatic rings. The second-order valence-electron chi connectivity index (χ2n) is 3.44. The zero-order valence-electron chi connectivity index (χ0n) is 8.62. The number of aliphatic hydroxyl groups is 1. The summed E-state index contributed by atoms with van der Waals surface area (Å²) in [6, 6.07) is 6.38. The van der Waals surface area contributed by atoms with Crippen molar-refractivity contribution in [1.29, 1.82) is 0 Å². The molecule has 1 atom stereocenters. The molecule has 0 unspecified atom stereocenters. The van der Waals surface area contributed by atoms with E-state index in [4.69, 9.17) is 16.7 Å². The molecule has 2 N–H and O–H groups in total. The molecule has 5 nitrogen and oxygen atoms in total. The first kappa shape index (κ1) is 11.6. The van der Waals surface area contributed by atoms with Crippen molar-refractivity contribution >= 4 is 17.6 Å². The highest BCUT2D eigenvalue weighted by molar-refractivity contribution is 6.30. The number of carboxylic acid groups (broad SMARTS) is 1. The van der Waals surface area contributed by atoms with Crippen LogP contribution in [0.4, 0.5) is 0 Å². The smallest absolute Gasteiger partial charge is 0.337 e. The lowest BCUT2D eigenvalue weighted by atomic mass is 10.1. The van der Waals surface area contributed by atoms with E-state index in [0.717, 1.165) is 5.69 Å². The number of carbonyl (C=O) groups is 1. The maximum atomic E-state index is 10.6. The minimum absolute atomic E-state index is 0.319. The molecule has 0 aliphatic heterocycles. The molecule has 88 valence electrons. The highest BCUT2D eigenvalue weighted by Crippen LogP contribution is 2.17. The van der Waals surface area contributed by atoms with Crippen molar-refractivity contribution < 1.29 is 15.0 Å². The Balaban J connectivity index is 2.27. The van der Waals surface area contributed by atoms with Crippen LogP contribution in [0.15, 0.2) is 36.7 Å². The second kappa shape index (κ2) is 4.57. The van der Waals surface area contributed by atoms with Gasteiger partial charge in [-0.2, -0.15) is 5.10 Å². The summed E-state index contributed by atoms with van der Waals surface area (Å²) in [6.45, 7) is 0. The summed E-state index contributed by atoms with van der Waals surface area (Å²) in [5.74, 6) is -1.28. The number of hydrogen-bond donors (Lipinski definition) is 2. The van der Waals surface area contributed by atoms with Crippen molar-refractivity contribution in [3.05, 3.63) is 47.2 Å². The molecule has 0 radical (unpaired) electrons. The van der Waals surface area contributed by atoms with Gasteiger partial charge >= 0.3 is 5.97 Å². The number of hydrogen-bond acceptors (Lipinski definition) is 3. The Morgan fingerprint density at radius 3 is 2.47 bits per heavy atom. The summed E-state index contributed by atoms with van der Waals surface area (Å²) in [5.41, 5.74) is 1.05. The molecule has 6 heteroatoms. The maximum Gasteiger partial charge on any atom is 0.337 e. The zero-order valence-corrected chi connectivity index (χ0v) is 9.37. The molecule has 17 heavy (non-hydrogen) atoms. The van der Waals surface area contributed by atoms with Gasteiger partial charge in [0.1, 0.15) is 0 Å². The van der Waals surface area contributed by atoms with Crippen LogP contribution in [0.1, 0.15) is 11.7 Å². The van der Waals surface area contributed by atoms with Crippen LogP contribution in [-0.2, 0) is 4.79 Å². The van der Waals surface area contributed by atoms with E-state index in [-0.39, 0.29) is 0 Å². The van der Waals surface area contributed by atoms with E-state index in [1.165, 1.54) is 18.3 Å². The summed E-state index contributed by atoms with van der Waals surface area (Å²) in [7, 11) is 0. The number of aromatic nitrogens is 2. The number of aliphatic carboxylic acids is 1. The molecule has 0 aliphatic carbocycles. The SMILES string of the molecule is O=C(O)[C@H](O)c1ccc(-n2cc(Cl)cn2)cc1. The van der Waals surface area contributed by atoms with Gasteiger partial charge in [0.2, 0.25) is 0 Å². The van der Waals surface area contributed by atoms with E-state index in [1.807, 2.05) is 0 Å². The van der Waals surface area contributed by atoms with Crippen molar-refractivity contribution in [2.75, 3.05) is 0 Å². The average Bonchev–Trinajstić information content (AvgIpc) is 2.75. The van der Waals surface area contributed by atoms with Crippen LogP contribution in [-0.4, -0.2) is 26.0 Å². The van der Waals surface area contributed by atoms with Crippen molar-refractivity contribution in [3.8, 4) is 5.69 Å². The highest BCUT2D eigenvalue weighted by atomic mass is 35.5. The van der Waals surface area contributed by atoms with Gasteiger partial charge in [0.15, 0.2) is 6.10 Å². The van der Waals surface area contributed by atoms with Gasteiger partial charge in [-0.25, -0.2) is 9.48 Å². The second-order valence-corrected chi connectivity index (χ2v) is 3.87. The van der Waals surface area contributed by atoms with E-state index >= 15 is 0 Å². The van der Waals surface area contributed by atoms with E-state index in [0.29, 0.717) is 10.6 Å². The molecule has 0 spiro atoms. The summed E-state index contributed by atoms with van der Waals surface area (Å²) in [4.78, 5) is 10.6. The molecule has 1 aromatic heterocycles. The van der Waals surface area contributed by atoms with Crippen LogP contribution in [0.25, 0.3) is 5.69 Å². The topological polar surface area (TPSA) is 75.3 Å². The molecular formula is C11H9ClN2O3. The van der Waals surface area contributed by atoms with Crippen LogP contribution < -0.4 is 0 Å². The molecule has 0 amide bonds. The van der Waals surface area contributed by atoms with E-state index in [2.05, 4.69) is 5.10 Å². The minimum Gasteiger partial charge on any atom is -0.479 e. The summed E-state index contributed by atoms with van der Waals surface area (Å²) < 4.78 is 1.55. The first-order valence-electron chi connectivity index (χ1n) is 4.79. The van der Waals surface area contributed by atoms with E-state index in [1.54, 1.807) is 23.0 Å². The van der Waals surface area contributed by atoms with Gasteiger partial charge in [0.05, 0.1) is 16.9 Å². The van der Waals surface area contributed by atoms with Gasteiger partial charge in [0, 0.05) is 6.20 Å². The number of aliphatic hydroxyl groups excluding tert-OH is 1. The Labute approximate surface area is 102 Å². The minimum atomic E-state index is -1.51. The number of halogens is 1. The van der Waals surface area contributed by atoms with Gasteiger partial charge in [0.25, 0.3) is 0 Å². The van der Waals surface area contributed by atoms with Crippen LogP contribution in [0.2, 0.25) is 5.02 Å². The number of rotatable bonds is 3. The average molecular weight is 253 g/mol. The van der Waals surface area contributed by atoms with Crippen LogP contribution in [0.3, 0.4) is 0 Å². The van der Waals surface area contributed by atoms with E-state index in [9.17, 15) is 9.90 Å². The van der Waals surface area contributed by atoms with Crippen LogP contribution in [0.5, 0.6) is 0 Å². The Morgan fingerprint density at radius 2 is 2.00 bits per heavy atom. The largest absolute Gasteiger partial charge is 0.479 e. The molecule has 0 bridgehead atoms. The van der Waals surface area contributed by atoms with Crippen molar-refractivity contribution in [2.45, 2.75) is 6.10 Å². The molecule has 0 fully saturated rings. The third-order valence-electron chi connectivity index (χ3n) is 2.26. The third kappa shape index (κ3) is 2.46. The quantitative estimate of drug-likeness (QED) is 0.871. The lowest BCUT2D eigenvalue weighted by molar-refractivity contribution is -0.146. The lowest BCUT2D eigenvalue weighted by Gasteiger charge is -2.07. The van der Waals surface area contributed by atoms with Crippen LogP contribution in [0, 0.1) is 0 Å². The summed E-state index contributed by atoms with van der Waals surface area (Å²) in [6.07, 6.45) is 1.62. The predicted octanol–water partition coefficient (Wildman–Crippen LogP) is 1.64. The molecule has 0 saturated heterocycles. The van der Waals surface area contributed by atoms with Gasteiger partial charge in [-0.3, -0.25) is 0 Å². The maximum absolute atomic E-state index is 10.6. The number of nitrogens with zero attached hydrogens (tertiary/aromatic N) is 2. The fourth-order valence-electron chi connectivity index (χ4n) is 1.39. The Hall–Kier alpha value is -1.85. The highest BCUT2D eigenvalue weighted by Gasteiger charge is 2.15. The zero-order chi connectivity index (χ0) is 12.4. The number of benzene rings is 1. The summed E-state index contributed by atoms with van der Waals surface area (Å²) >= 11 is 5.73. The van der Waals surface area contributed by atoms with Gasteiger partial charge in [-0.15, -0.1) is 0 Å². The fourth-order valence-corrected chi connectivity index (χ4v) is 1.53. The fraction of sp³-hybridized carbons (Fsp3) is 0.0909. The standard InChI is InChI=1S/C11H9ClN2O3/c12-8-5-13-14(6-8)9-3-1-7(2-4-9)10(15)11(16)17/h1-6,10,15H,(H,16,17)/t10-/m1/s1. The van der Waals surface area contributed by atoms with Crippen LogP contribution >= 0.6 is 11.6 Å². The molecule has 2 rings (SSSR count). The van der Waals surface area contributed by atoms with E-state index < -0.39 is 12.1 Å². The third-order valence-corrected chi connectivity index (χ3v) is 2.45.